The molecular formula is C14H18Cl2N2O4S2. The largest absolute Gasteiger partial charge is 0.297 e. The molecule has 2 heterocycles. The lowest BCUT2D eigenvalue weighted by Crippen LogP contribution is -2.52. The van der Waals surface area contributed by atoms with Crippen LogP contribution >= 0.6 is 23.2 Å². The Balaban J connectivity index is 1.71. The molecule has 10 heteroatoms. The minimum absolute atomic E-state index is 0.00499. The number of hydrogen-bond acceptors (Lipinski definition) is 5. The van der Waals surface area contributed by atoms with E-state index in [-0.39, 0.29) is 32.5 Å². The number of rotatable bonds is 3. The van der Waals surface area contributed by atoms with E-state index >= 15 is 0 Å². The molecule has 6 nitrogen and oxygen atoms in total. The van der Waals surface area contributed by atoms with Gasteiger partial charge < -0.3 is 0 Å². The lowest BCUT2D eigenvalue weighted by atomic mass is 10.2. The first-order valence-electron chi connectivity index (χ1n) is 7.59. The Morgan fingerprint density at radius 3 is 2.33 bits per heavy atom. The molecule has 0 bridgehead atoms. The van der Waals surface area contributed by atoms with Gasteiger partial charge in [-0.1, -0.05) is 29.3 Å². The summed E-state index contributed by atoms with van der Waals surface area (Å²) in [6, 6.07) is 4.54. The topological polar surface area (TPSA) is 74.8 Å². The molecule has 3 rings (SSSR count). The number of hydrogen-bond donors (Lipinski definition) is 0. The molecule has 0 radical (unpaired) electrons. The van der Waals surface area contributed by atoms with Crippen molar-refractivity contribution in [3.63, 3.8) is 0 Å². The molecule has 1 aromatic rings. The van der Waals surface area contributed by atoms with E-state index in [1.807, 2.05) is 0 Å². The van der Waals surface area contributed by atoms with Crippen LogP contribution in [0.25, 0.3) is 0 Å². The van der Waals surface area contributed by atoms with Gasteiger partial charge in [0.15, 0.2) is 9.84 Å². The lowest BCUT2D eigenvalue weighted by molar-refractivity contribution is 0.148. The van der Waals surface area contributed by atoms with E-state index in [4.69, 9.17) is 23.2 Å². The molecule has 2 saturated heterocycles. The van der Waals surface area contributed by atoms with Gasteiger partial charge in [0.2, 0.25) is 10.0 Å². The minimum Gasteiger partial charge on any atom is -0.297 e. The zero-order valence-electron chi connectivity index (χ0n) is 12.9. The molecule has 1 aromatic carbocycles. The number of nitrogens with zero attached hydrogens (tertiary/aromatic N) is 2. The van der Waals surface area contributed by atoms with Crippen molar-refractivity contribution in [3.8, 4) is 0 Å². The van der Waals surface area contributed by atoms with Crippen LogP contribution in [0.5, 0.6) is 0 Å². The molecule has 2 aliphatic heterocycles. The summed E-state index contributed by atoms with van der Waals surface area (Å²) >= 11 is 12.0. The zero-order chi connectivity index (χ0) is 17.5. The summed E-state index contributed by atoms with van der Waals surface area (Å²) in [5.41, 5.74) is 0. The van der Waals surface area contributed by atoms with Crippen molar-refractivity contribution >= 4 is 43.1 Å². The van der Waals surface area contributed by atoms with Crippen LogP contribution in [0.3, 0.4) is 0 Å². The first-order valence-corrected chi connectivity index (χ1v) is 11.6. The standard InChI is InChI=1S/C14H18Cl2N2O4S2/c15-12-2-1-3-13(14(12)16)24(21,22)18-7-5-17(6-8-18)11-4-9-23(19,20)10-11/h1-3,11H,4-10H2/t11-/m1/s1. The number of sulfone groups is 1. The Kier molecular flexibility index (Phi) is 5.17. The molecule has 2 fully saturated rings. The maximum absolute atomic E-state index is 12.8. The van der Waals surface area contributed by atoms with Gasteiger partial charge in [-0.3, -0.25) is 4.90 Å². The average Bonchev–Trinajstić information content (AvgIpc) is 2.90. The van der Waals surface area contributed by atoms with Gasteiger partial charge in [-0.25, -0.2) is 16.8 Å². The monoisotopic (exact) mass is 412 g/mol. The molecule has 0 amide bonds. The Bertz CT molecular complexity index is 834. The fourth-order valence-corrected chi connectivity index (χ4v) is 7.11. The molecule has 0 aromatic heterocycles. The van der Waals surface area contributed by atoms with Gasteiger partial charge in [0.05, 0.1) is 21.6 Å². The van der Waals surface area contributed by atoms with E-state index < -0.39 is 19.9 Å². The summed E-state index contributed by atoms with van der Waals surface area (Å²) in [6.07, 6.45) is 0.620. The van der Waals surface area contributed by atoms with Crippen LogP contribution in [0, 0.1) is 0 Å². The molecule has 24 heavy (non-hydrogen) atoms. The molecule has 0 unspecified atom stereocenters. The molecule has 0 N–H and O–H groups in total. The highest BCUT2D eigenvalue weighted by Crippen LogP contribution is 2.31. The molecule has 134 valence electrons. The van der Waals surface area contributed by atoms with Crippen LogP contribution in [0.4, 0.5) is 0 Å². The predicted molar refractivity (Wildman–Crippen MR) is 93.9 cm³/mol. The number of sulfonamides is 1. The Morgan fingerprint density at radius 1 is 1.08 bits per heavy atom. The van der Waals surface area contributed by atoms with Crippen LogP contribution in [0.2, 0.25) is 10.0 Å². The van der Waals surface area contributed by atoms with Crippen molar-refractivity contribution in [3.05, 3.63) is 28.2 Å². The third kappa shape index (κ3) is 3.59. The van der Waals surface area contributed by atoms with Crippen molar-refractivity contribution < 1.29 is 16.8 Å². The summed E-state index contributed by atoms with van der Waals surface area (Å²) in [7, 11) is -6.66. The molecular weight excluding hydrogens is 395 g/mol. The zero-order valence-corrected chi connectivity index (χ0v) is 16.0. The van der Waals surface area contributed by atoms with Crippen molar-refractivity contribution in [2.75, 3.05) is 37.7 Å². The van der Waals surface area contributed by atoms with E-state index in [0.717, 1.165) is 0 Å². The second-order valence-electron chi connectivity index (χ2n) is 6.05. The van der Waals surface area contributed by atoms with Crippen molar-refractivity contribution in [1.82, 2.24) is 9.21 Å². The summed E-state index contributed by atoms with van der Waals surface area (Å²) in [5, 5.41) is 0.232. The Labute approximate surface area is 152 Å². The summed E-state index contributed by atoms with van der Waals surface area (Å²) in [4.78, 5) is 2.07. The van der Waals surface area contributed by atoms with E-state index in [9.17, 15) is 16.8 Å². The average molecular weight is 413 g/mol. The smallest absolute Gasteiger partial charge is 0.244 e. The van der Waals surface area contributed by atoms with Crippen molar-refractivity contribution in [2.45, 2.75) is 17.4 Å². The van der Waals surface area contributed by atoms with Crippen LogP contribution in [-0.2, 0) is 19.9 Å². The van der Waals surface area contributed by atoms with E-state index in [1.54, 1.807) is 12.1 Å². The summed E-state index contributed by atoms with van der Waals surface area (Å²) in [5.74, 6) is 0.383. The Hall–Kier alpha value is -0.380. The third-order valence-corrected chi connectivity index (χ3v) is 9.15. The van der Waals surface area contributed by atoms with Gasteiger partial charge in [-0.15, -0.1) is 0 Å². The van der Waals surface area contributed by atoms with Crippen LogP contribution < -0.4 is 0 Å². The quantitative estimate of drug-likeness (QED) is 0.751. The van der Waals surface area contributed by atoms with Gasteiger partial charge in [-0.05, 0) is 18.6 Å². The first kappa shape index (κ1) is 18.4. The maximum Gasteiger partial charge on any atom is 0.244 e. The first-order chi connectivity index (χ1) is 11.2. The highest BCUT2D eigenvalue weighted by Gasteiger charge is 2.36. The second kappa shape index (κ2) is 6.74. The van der Waals surface area contributed by atoms with Crippen molar-refractivity contribution in [2.24, 2.45) is 0 Å². The highest BCUT2D eigenvalue weighted by atomic mass is 35.5. The fraction of sp³-hybridized carbons (Fsp3) is 0.571. The highest BCUT2D eigenvalue weighted by molar-refractivity contribution is 7.91. The van der Waals surface area contributed by atoms with E-state index in [1.165, 1.54) is 10.4 Å². The lowest BCUT2D eigenvalue weighted by Gasteiger charge is -2.37. The van der Waals surface area contributed by atoms with E-state index in [0.29, 0.717) is 32.6 Å². The fourth-order valence-electron chi connectivity index (χ4n) is 3.19. The van der Waals surface area contributed by atoms with Crippen LogP contribution in [0.15, 0.2) is 23.1 Å². The predicted octanol–water partition coefficient (Wildman–Crippen LogP) is 1.49. The summed E-state index contributed by atoms with van der Waals surface area (Å²) in [6.45, 7) is 1.64. The van der Waals surface area contributed by atoms with Gasteiger partial charge in [0.1, 0.15) is 4.90 Å². The van der Waals surface area contributed by atoms with Gasteiger partial charge in [0, 0.05) is 32.2 Å². The normalized spacial score (nSPS) is 25.8. The summed E-state index contributed by atoms with van der Waals surface area (Å²) < 4.78 is 50.1. The van der Waals surface area contributed by atoms with Crippen LogP contribution in [0.1, 0.15) is 6.42 Å². The second-order valence-corrected chi connectivity index (χ2v) is 11.0. The van der Waals surface area contributed by atoms with Gasteiger partial charge in [0.25, 0.3) is 0 Å². The SMILES string of the molecule is O=S1(=O)CC[C@@H](N2CCN(S(=O)(=O)c3cccc(Cl)c3Cl)CC2)C1. The van der Waals surface area contributed by atoms with Crippen molar-refractivity contribution in [1.29, 1.82) is 0 Å². The molecule has 1 atom stereocenters. The maximum atomic E-state index is 12.8. The third-order valence-electron chi connectivity index (χ3n) is 4.53. The molecule has 0 saturated carbocycles. The van der Waals surface area contributed by atoms with Gasteiger partial charge >= 0.3 is 0 Å². The molecule has 2 aliphatic rings. The van der Waals surface area contributed by atoms with E-state index in [2.05, 4.69) is 4.90 Å². The van der Waals surface area contributed by atoms with Gasteiger partial charge in [-0.2, -0.15) is 4.31 Å². The number of halogens is 2. The minimum atomic E-state index is -3.71. The molecule has 0 aliphatic carbocycles. The number of piperazine rings is 1. The Morgan fingerprint density at radius 2 is 1.75 bits per heavy atom. The molecule has 0 spiro atoms. The van der Waals surface area contributed by atoms with Crippen LogP contribution in [-0.4, -0.2) is 69.8 Å². The number of benzene rings is 1.